The van der Waals surface area contributed by atoms with E-state index in [0.29, 0.717) is 6.61 Å². The Morgan fingerprint density at radius 2 is 2.11 bits per heavy atom. The second kappa shape index (κ2) is 6.72. The van der Waals surface area contributed by atoms with Crippen molar-refractivity contribution in [3.8, 4) is 0 Å². The van der Waals surface area contributed by atoms with Crippen molar-refractivity contribution >= 4 is 34.1 Å². The van der Waals surface area contributed by atoms with Crippen molar-refractivity contribution < 1.29 is 4.74 Å². The lowest BCUT2D eigenvalue weighted by atomic mass is 10.3. The molecule has 0 spiro atoms. The molecular formula is C12H15N3OS2. The van der Waals surface area contributed by atoms with Crippen molar-refractivity contribution in [2.45, 2.75) is 11.3 Å². The van der Waals surface area contributed by atoms with Gasteiger partial charge in [-0.2, -0.15) is 4.37 Å². The number of ether oxygens (including phenoxy) is 1. The van der Waals surface area contributed by atoms with Crippen LogP contribution in [0.15, 0.2) is 29.2 Å². The van der Waals surface area contributed by atoms with E-state index in [0.717, 1.165) is 23.1 Å². The van der Waals surface area contributed by atoms with Gasteiger partial charge in [-0.25, -0.2) is 4.98 Å². The highest BCUT2D eigenvalue weighted by atomic mass is 32.2. The number of methoxy groups -OCH3 is 1. The number of nitrogens with one attached hydrogen (secondary N) is 1. The highest BCUT2D eigenvalue weighted by Crippen LogP contribution is 2.21. The van der Waals surface area contributed by atoms with E-state index < -0.39 is 0 Å². The zero-order valence-corrected chi connectivity index (χ0v) is 12.0. The smallest absolute Gasteiger partial charge is 0.207 e. The van der Waals surface area contributed by atoms with Gasteiger partial charge in [0.1, 0.15) is 5.82 Å². The van der Waals surface area contributed by atoms with Gasteiger partial charge in [0, 0.05) is 35.6 Å². The van der Waals surface area contributed by atoms with E-state index in [1.165, 1.54) is 16.4 Å². The van der Waals surface area contributed by atoms with Gasteiger partial charge >= 0.3 is 0 Å². The van der Waals surface area contributed by atoms with Crippen LogP contribution in [0.3, 0.4) is 0 Å². The van der Waals surface area contributed by atoms with Crippen LogP contribution in [0.4, 0.5) is 10.8 Å². The van der Waals surface area contributed by atoms with Gasteiger partial charge in [-0.05, 0) is 30.5 Å². The summed E-state index contributed by atoms with van der Waals surface area (Å²) < 4.78 is 9.27. The molecule has 1 aromatic heterocycles. The summed E-state index contributed by atoms with van der Waals surface area (Å²) in [4.78, 5) is 5.65. The predicted molar refractivity (Wildman–Crippen MR) is 77.0 cm³/mol. The number of nitrogens with zero attached hydrogens (tertiary/aromatic N) is 2. The number of hydrogen-bond donors (Lipinski definition) is 1. The van der Waals surface area contributed by atoms with Gasteiger partial charge in [0.25, 0.3) is 0 Å². The summed E-state index contributed by atoms with van der Waals surface area (Å²) in [6.07, 6.45) is 2.81. The molecule has 0 radical (unpaired) electrons. The van der Waals surface area contributed by atoms with Crippen LogP contribution in [-0.4, -0.2) is 29.3 Å². The molecule has 0 aliphatic carbocycles. The molecule has 1 N–H and O–H groups in total. The summed E-state index contributed by atoms with van der Waals surface area (Å²) in [7, 11) is 1.68. The minimum Gasteiger partial charge on any atom is -0.384 e. The number of benzene rings is 1. The van der Waals surface area contributed by atoms with Crippen molar-refractivity contribution in [1.29, 1.82) is 0 Å². The third-order valence-corrected chi connectivity index (χ3v) is 3.75. The molecule has 0 fully saturated rings. The van der Waals surface area contributed by atoms with E-state index >= 15 is 0 Å². The summed E-state index contributed by atoms with van der Waals surface area (Å²) in [5.41, 5.74) is 1.03. The molecule has 0 amide bonds. The second-order valence-corrected chi connectivity index (χ2v) is 5.24. The maximum atomic E-state index is 5.00. The average molecular weight is 281 g/mol. The van der Waals surface area contributed by atoms with Crippen molar-refractivity contribution in [2.24, 2.45) is 0 Å². The summed E-state index contributed by atoms with van der Waals surface area (Å²) in [6, 6.07) is 8.25. The lowest BCUT2D eigenvalue weighted by Crippen LogP contribution is -1.96. The lowest BCUT2D eigenvalue weighted by Gasteiger charge is -2.02. The summed E-state index contributed by atoms with van der Waals surface area (Å²) in [5, 5.41) is 4.06. The fourth-order valence-electron chi connectivity index (χ4n) is 1.40. The van der Waals surface area contributed by atoms with E-state index in [4.69, 9.17) is 4.74 Å². The molecule has 0 atom stereocenters. The molecule has 2 aromatic rings. The number of hydrogen-bond acceptors (Lipinski definition) is 6. The Hall–Kier alpha value is -1.11. The molecule has 1 heterocycles. The quantitative estimate of drug-likeness (QED) is 0.824. The molecule has 0 bridgehead atoms. The third-order valence-electron chi connectivity index (χ3n) is 2.34. The summed E-state index contributed by atoms with van der Waals surface area (Å²) >= 11 is 3.10. The van der Waals surface area contributed by atoms with Crippen LogP contribution in [0.1, 0.15) is 5.82 Å². The zero-order valence-electron chi connectivity index (χ0n) is 10.3. The first kappa shape index (κ1) is 13.3. The Bertz CT molecular complexity index is 484. The van der Waals surface area contributed by atoms with Crippen LogP contribution in [0.5, 0.6) is 0 Å². The summed E-state index contributed by atoms with van der Waals surface area (Å²) in [5.74, 6) is 0.824. The van der Waals surface area contributed by atoms with Gasteiger partial charge in [-0.1, -0.05) is 0 Å². The van der Waals surface area contributed by atoms with Crippen molar-refractivity contribution in [3.05, 3.63) is 30.1 Å². The number of thioether (sulfide) groups is 1. The molecule has 6 heteroatoms. The molecular weight excluding hydrogens is 266 g/mol. The van der Waals surface area contributed by atoms with Crippen LogP contribution < -0.4 is 5.32 Å². The standard InChI is InChI=1S/C12H15N3OS2/c1-16-8-7-11-14-12(18-15-11)13-9-3-5-10(17-2)6-4-9/h3-6H,7-8H2,1-2H3,(H,13,14,15). The Morgan fingerprint density at radius 3 is 2.78 bits per heavy atom. The minimum absolute atomic E-state index is 0.651. The largest absolute Gasteiger partial charge is 0.384 e. The van der Waals surface area contributed by atoms with E-state index in [1.54, 1.807) is 18.9 Å². The highest BCUT2D eigenvalue weighted by Gasteiger charge is 2.04. The van der Waals surface area contributed by atoms with Crippen LogP contribution >= 0.6 is 23.3 Å². The van der Waals surface area contributed by atoms with E-state index in [2.05, 4.69) is 33.1 Å². The second-order valence-electron chi connectivity index (χ2n) is 3.61. The van der Waals surface area contributed by atoms with Gasteiger partial charge in [0.15, 0.2) is 0 Å². The molecule has 18 heavy (non-hydrogen) atoms. The van der Waals surface area contributed by atoms with Gasteiger partial charge in [0.05, 0.1) is 6.61 Å². The maximum absolute atomic E-state index is 5.00. The van der Waals surface area contributed by atoms with Crippen molar-refractivity contribution in [2.75, 3.05) is 25.3 Å². The first-order chi connectivity index (χ1) is 8.81. The first-order valence-electron chi connectivity index (χ1n) is 5.54. The fraction of sp³-hybridized carbons (Fsp3) is 0.333. The molecule has 4 nitrogen and oxygen atoms in total. The lowest BCUT2D eigenvalue weighted by molar-refractivity contribution is 0.201. The van der Waals surface area contributed by atoms with Crippen molar-refractivity contribution in [1.82, 2.24) is 9.36 Å². The van der Waals surface area contributed by atoms with Crippen LogP contribution in [-0.2, 0) is 11.2 Å². The van der Waals surface area contributed by atoms with E-state index in [1.807, 2.05) is 12.1 Å². The first-order valence-corrected chi connectivity index (χ1v) is 7.54. The average Bonchev–Trinajstić information content (AvgIpc) is 2.85. The molecule has 96 valence electrons. The third kappa shape index (κ3) is 3.69. The highest BCUT2D eigenvalue weighted by molar-refractivity contribution is 7.98. The minimum atomic E-state index is 0.651. The number of aromatic nitrogens is 2. The van der Waals surface area contributed by atoms with Crippen LogP contribution in [0, 0.1) is 0 Å². The molecule has 2 rings (SSSR count). The molecule has 0 unspecified atom stereocenters. The van der Waals surface area contributed by atoms with Crippen LogP contribution in [0.25, 0.3) is 0 Å². The number of anilines is 2. The monoisotopic (exact) mass is 281 g/mol. The molecule has 0 aliphatic heterocycles. The van der Waals surface area contributed by atoms with E-state index in [-0.39, 0.29) is 0 Å². The Labute approximate surface area is 115 Å². The van der Waals surface area contributed by atoms with Crippen LogP contribution in [0.2, 0.25) is 0 Å². The molecule has 0 saturated carbocycles. The Morgan fingerprint density at radius 1 is 1.33 bits per heavy atom. The molecule has 1 aromatic carbocycles. The van der Waals surface area contributed by atoms with Gasteiger partial charge in [-0.3, -0.25) is 0 Å². The van der Waals surface area contributed by atoms with E-state index in [9.17, 15) is 0 Å². The van der Waals surface area contributed by atoms with Gasteiger partial charge in [0.2, 0.25) is 5.13 Å². The predicted octanol–water partition coefficient (Wildman–Crippen LogP) is 3.19. The molecule has 0 aliphatic rings. The van der Waals surface area contributed by atoms with Crippen molar-refractivity contribution in [3.63, 3.8) is 0 Å². The van der Waals surface area contributed by atoms with Gasteiger partial charge in [-0.15, -0.1) is 11.8 Å². The Kier molecular flexibility index (Phi) is 4.98. The normalized spacial score (nSPS) is 10.6. The zero-order chi connectivity index (χ0) is 12.8. The molecule has 0 saturated heterocycles. The van der Waals surface area contributed by atoms with Gasteiger partial charge < -0.3 is 10.1 Å². The Balaban J connectivity index is 1.97. The topological polar surface area (TPSA) is 47.0 Å². The fourth-order valence-corrected chi connectivity index (χ4v) is 2.44. The number of rotatable bonds is 6. The maximum Gasteiger partial charge on any atom is 0.207 e. The SMILES string of the molecule is COCCc1nsc(Nc2ccc(SC)cc2)n1. The summed E-state index contributed by atoms with van der Waals surface area (Å²) in [6.45, 7) is 0.651.